The van der Waals surface area contributed by atoms with Gasteiger partial charge in [0.05, 0.1) is 19.8 Å². The van der Waals surface area contributed by atoms with Crippen molar-refractivity contribution in [2.24, 2.45) is 10.9 Å². The molecule has 0 saturated heterocycles. The monoisotopic (exact) mass is 536 g/mol. The Morgan fingerprint density at radius 3 is 2.16 bits per heavy atom. The molecule has 0 atom stereocenters. The van der Waals surface area contributed by atoms with Gasteiger partial charge in [0.25, 0.3) is 0 Å². The lowest BCUT2D eigenvalue weighted by atomic mass is 10.1. The first-order valence-electron chi connectivity index (χ1n) is 10.7. The third kappa shape index (κ3) is 9.69. The van der Waals surface area contributed by atoms with Crippen LogP contribution in [0.2, 0.25) is 0 Å². The number of nitrogens with zero attached hydrogens (tertiary/aromatic N) is 1. The molecule has 0 spiro atoms. The van der Waals surface area contributed by atoms with Crippen molar-refractivity contribution in [1.82, 2.24) is 16.0 Å². The number of carbonyl (C=O) groups is 1. The van der Waals surface area contributed by atoms with Crippen LogP contribution in [-0.2, 0) is 29.3 Å². The fraction of sp³-hybridized carbons (Fsp3) is 0.417. The highest BCUT2D eigenvalue weighted by Crippen LogP contribution is 2.28. The first kappa shape index (κ1) is 25.1. The molecule has 1 saturated carbocycles. The molecule has 1 fully saturated rings. The SMILES string of the molecule is CCNC(=NCc1ccc(COCc2ccccc2)cc1)NCCNC(=O)C1CC1.I. The van der Waals surface area contributed by atoms with Gasteiger partial charge in [-0.3, -0.25) is 4.79 Å². The first-order valence-corrected chi connectivity index (χ1v) is 10.7. The summed E-state index contributed by atoms with van der Waals surface area (Å²) in [6.45, 7) is 5.89. The Hall–Kier alpha value is -2.13. The van der Waals surface area contributed by atoms with Gasteiger partial charge in [0.1, 0.15) is 0 Å². The number of hydrogen-bond acceptors (Lipinski definition) is 3. The summed E-state index contributed by atoms with van der Waals surface area (Å²) < 4.78 is 5.79. The van der Waals surface area contributed by atoms with E-state index in [1.54, 1.807) is 0 Å². The van der Waals surface area contributed by atoms with Crippen molar-refractivity contribution >= 4 is 35.8 Å². The molecule has 3 N–H and O–H groups in total. The van der Waals surface area contributed by atoms with E-state index in [0.717, 1.165) is 36.5 Å². The van der Waals surface area contributed by atoms with Crippen LogP contribution in [0.1, 0.15) is 36.5 Å². The van der Waals surface area contributed by atoms with E-state index in [2.05, 4.69) is 57.3 Å². The lowest BCUT2D eigenvalue weighted by Crippen LogP contribution is -2.41. The molecule has 2 aromatic carbocycles. The van der Waals surface area contributed by atoms with Crippen LogP contribution < -0.4 is 16.0 Å². The van der Waals surface area contributed by atoms with Gasteiger partial charge in [-0.05, 0) is 36.5 Å². The number of nitrogens with one attached hydrogen (secondary N) is 3. The van der Waals surface area contributed by atoms with Gasteiger partial charge in [-0.2, -0.15) is 0 Å². The number of carbonyl (C=O) groups excluding carboxylic acids is 1. The number of amides is 1. The zero-order valence-electron chi connectivity index (χ0n) is 18.1. The predicted molar refractivity (Wildman–Crippen MR) is 135 cm³/mol. The fourth-order valence-electron chi connectivity index (χ4n) is 2.97. The number of halogens is 1. The Bertz CT molecular complexity index is 808. The van der Waals surface area contributed by atoms with Crippen molar-refractivity contribution in [2.45, 2.75) is 39.5 Å². The number of guanidine groups is 1. The number of ether oxygens (including phenoxy) is 1. The summed E-state index contributed by atoms with van der Waals surface area (Å²) in [7, 11) is 0. The van der Waals surface area contributed by atoms with E-state index in [-0.39, 0.29) is 35.8 Å². The summed E-state index contributed by atoms with van der Waals surface area (Å²) in [5.41, 5.74) is 3.47. The largest absolute Gasteiger partial charge is 0.372 e. The molecular formula is C24H33IN4O2. The second-order valence-electron chi connectivity index (χ2n) is 7.48. The maximum Gasteiger partial charge on any atom is 0.223 e. The van der Waals surface area contributed by atoms with E-state index >= 15 is 0 Å². The van der Waals surface area contributed by atoms with Gasteiger partial charge >= 0.3 is 0 Å². The maximum absolute atomic E-state index is 11.7. The summed E-state index contributed by atoms with van der Waals surface area (Å²) >= 11 is 0. The van der Waals surface area contributed by atoms with Crippen LogP contribution in [0.4, 0.5) is 0 Å². The average molecular weight is 536 g/mol. The van der Waals surface area contributed by atoms with Gasteiger partial charge in [0, 0.05) is 25.6 Å². The number of aliphatic imine (C=N–C) groups is 1. The van der Waals surface area contributed by atoms with E-state index in [0.29, 0.717) is 32.8 Å². The molecule has 2 aromatic rings. The minimum Gasteiger partial charge on any atom is -0.372 e. The van der Waals surface area contributed by atoms with E-state index in [1.165, 1.54) is 5.56 Å². The smallest absolute Gasteiger partial charge is 0.223 e. The number of rotatable bonds is 11. The average Bonchev–Trinajstić information content (AvgIpc) is 3.62. The lowest BCUT2D eigenvalue weighted by Gasteiger charge is -2.12. The molecule has 1 aliphatic rings. The van der Waals surface area contributed by atoms with Crippen LogP contribution in [-0.4, -0.2) is 31.5 Å². The summed E-state index contributed by atoms with van der Waals surface area (Å²) in [4.78, 5) is 16.3. The van der Waals surface area contributed by atoms with Gasteiger partial charge in [-0.15, -0.1) is 24.0 Å². The van der Waals surface area contributed by atoms with E-state index in [4.69, 9.17) is 4.74 Å². The van der Waals surface area contributed by atoms with Crippen molar-refractivity contribution in [1.29, 1.82) is 0 Å². The van der Waals surface area contributed by atoms with Crippen LogP contribution in [0.3, 0.4) is 0 Å². The van der Waals surface area contributed by atoms with Gasteiger partial charge in [0.2, 0.25) is 5.91 Å². The van der Waals surface area contributed by atoms with Gasteiger partial charge in [-0.1, -0.05) is 54.6 Å². The Kier molecular flexibility index (Phi) is 11.4. The molecule has 3 rings (SSSR count). The lowest BCUT2D eigenvalue weighted by molar-refractivity contribution is -0.122. The zero-order valence-corrected chi connectivity index (χ0v) is 20.4. The third-order valence-corrected chi connectivity index (χ3v) is 4.83. The molecular weight excluding hydrogens is 503 g/mol. The topological polar surface area (TPSA) is 74.8 Å². The van der Waals surface area contributed by atoms with Gasteiger partial charge in [0.15, 0.2) is 5.96 Å². The Balaban J connectivity index is 0.00000341. The quantitative estimate of drug-likeness (QED) is 0.178. The molecule has 1 aliphatic carbocycles. The predicted octanol–water partition coefficient (Wildman–Crippen LogP) is 3.60. The second kappa shape index (κ2) is 14.0. The second-order valence-corrected chi connectivity index (χ2v) is 7.48. The first-order chi connectivity index (χ1) is 14.7. The summed E-state index contributed by atoms with van der Waals surface area (Å²) in [6.07, 6.45) is 2.06. The molecule has 0 aromatic heterocycles. The van der Waals surface area contributed by atoms with E-state index in [9.17, 15) is 4.79 Å². The van der Waals surface area contributed by atoms with Crippen molar-refractivity contribution in [3.63, 3.8) is 0 Å². The number of benzene rings is 2. The fourth-order valence-corrected chi connectivity index (χ4v) is 2.97. The van der Waals surface area contributed by atoms with Crippen LogP contribution in [0.5, 0.6) is 0 Å². The van der Waals surface area contributed by atoms with E-state index < -0.39 is 0 Å². The van der Waals surface area contributed by atoms with Crippen LogP contribution >= 0.6 is 24.0 Å². The summed E-state index contributed by atoms with van der Waals surface area (Å²) in [5.74, 6) is 1.18. The maximum atomic E-state index is 11.7. The van der Waals surface area contributed by atoms with Gasteiger partial charge in [-0.25, -0.2) is 4.99 Å². The zero-order chi connectivity index (χ0) is 21.0. The van der Waals surface area contributed by atoms with Crippen LogP contribution in [0.25, 0.3) is 0 Å². The summed E-state index contributed by atoms with van der Waals surface area (Å²) in [6, 6.07) is 18.5. The highest BCUT2D eigenvalue weighted by atomic mass is 127. The standard InChI is InChI=1S/C24H32N4O2.HI/c1-2-25-24(27-15-14-26-23(29)22-12-13-22)28-16-19-8-10-21(11-9-19)18-30-17-20-6-4-3-5-7-20;/h3-11,22H,2,12-18H2,1H3,(H,26,29)(H2,25,27,28);1H. The third-order valence-electron chi connectivity index (χ3n) is 4.83. The van der Waals surface area contributed by atoms with E-state index in [1.807, 2.05) is 25.1 Å². The van der Waals surface area contributed by atoms with Gasteiger partial charge < -0.3 is 20.7 Å². The van der Waals surface area contributed by atoms with Crippen LogP contribution in [0.15, 0.2) is 59.6 Å². The molecule has 31 heavy (non-hydrogen) atoms. The molecule has 6 nitrogen and oxygen atoms in total. The Morgan fingerprint density at radius 2 is 1.52 bits per heavy atom. The highest BCUT2D eigenvalue weighted by molar-refractivity contribution is 14.0. The number of hydrogen-bond donors (Lipinski definition) is 3. The Labute approximate surface area is 202 Å². The molecule has 0 aliphatic heterocycles. The summed E-state index contributed by atoms with van der Waals surface area (Å²) in [5, 5.41) is 9.45. The van der Waals surface area contributed by atoms with Crippen molar-refractivity contribution < 1.29 is 9.53 Å². The molecule has 0 unspecified atom stereocenters. The molecule has 0 heterocycles. The van der Waals surface area contributed by atoms with Crippen molar-refractivity contribution in [2.75, 3.05) is 19.6 Å². The molecule has 7 heteroatoms. The van der Waals surface area contributed by atoms with Crippen molar-refractivity contribution in [3.8, 4) is 0 Å². The molecule has 0 radical (unpaired) electrons. The normalized spacial score (nSPS) is 13.3. The highest BCUT2D eigenvalue weighted by Gasteiger charge is 2.28. The molecule has 1 amide bonds. The Morgan fingerprint density at radius 1 is 0.903 bits per heavy atom. The molecule has 0 bridgehead atoms. The van der Waals surface area contributed by atoms with Crippen molar-refractivity contribution in [3.05, 3.63) is 71.3 Å². The molecule has 168 valence electrons. The minimum absolute atomic E-state index is 0. The van der Waals surface area contributed by atoms with Crippen LogP contribution in [0, 0.1) is 5.92 Å². The minimum atomic E-state index is 0.